The second kappa shape index (κ2) is 11.9. The minimum absolute atomic E-state index is 0.112. The van der Waals surface area contributed by atoms with Crippen molar-refractivity contribution in [3.63, 3.8) is 0 Å². The highest BCUT2D eigenvalue weighted by atomic mass is 32.2. The second-order valence-corrected chi connectivity index (χ2v) is 8.68. The first-order valence-electron chi connectivity index (χ1n) is 11.4. The standard InChI is InChI=1S/C29H25N3O3S/c1-3-35-26-15-14-21(16-27(26)34-2)23-17-25(20-10-6-4-7-11-20)32-29(24(23)18-30)36-19-28(33)31-22-12-8-5-9-13-22/h4-17H,3,19H2,1-2H3,(H,31,33). The fourth-order valence-electron chi connectivity index (χ4n) is 3.68. The fourth-order valence-corrected chi connectivity index (χ4v) is 4.48. The van der Waals surface area contributed by atoms with E-state index in [1.165, 1.54) is 11.8 Å². The number of benzene rings is 3. The number of nitrogens with one attached hydrogen (secondary N) is 1. The molecule has 1 aromatic heterocycles. The maximum atomic E-state index is 12.6. The molecule has 3 aromatic carbocycles. The number of hydrogen-bond acceptors (Lipinski definition) is 6. The van der Waals surface area contributed by atoms with E-state index in [2.05, 4.69) is 11.4 Å². The minimum atomic E-state index is -0.175. The smallest absolute Gasteiger partial charge is 0.234 e. The zero-order chi connectivity index (χ0) is 25.3. The average Bonchev–Trinajstić information content (AvgIpc) is 2.92. The van der Waals surface area contributed by atoms with Gasteiger partial charge in [-0.3, -0.25) is 4.79 Å². The van der Waals surface area contributed by atoms with Crippen molar-refractivity contribution in [3.05, 3.63) is 90.5 Å². The number of carbonyl (C=O) groups excluding carboxylic acids is 1. The number of hydrogen-bond donors (Lipinski definition) is 1. The van der Waals surface area contributed by atoms with Gasteiger partial charge in [-0.25, -0.2) is 4.98 Å². The van der Waals surface area contributed by atoms with Gasteiger partial charge >= 0.3 is 0 Å². The summed E-state index contributed by atoms with van der Waals surface area (Å²) < 4.78 is 11.2. The first-order valence-corrected chi connectivity index (χ1v) is 12.4. The maximum absolute atomic E-state index is 12.6. The van der Waals surface area contributed by atoms with E-state index < -0.39 is 0 Å². The maximum Gasteiger partial charge on any atom is 0.234 e. The molecule has 4 aromatic rings. The predicted molar refractivity (Wildman–Crippen MR) is 143 cm³/mol. The topological polar surface area (TPSA) is 84.2 Å². The molecule has 6 nitrogen and oxygen atoms in total. The van der Waals surface area contributed by atoms with Gasteiger partial charge in [0.05, 0.1) is 30.7 Å². The Morgan fingerprint density at radius 2 is 1.69 bits per heavy atom. The van der Waals surface area contributed by atoms with Crippen LogP contribution in [0.1, 0.15) is 12.5 Å². The van der Waals surface area contributed by atoms with Gasteiger partial charge in [-0.2, -0.15) is 5.26 Å². The molecule has 0 saturated carbocycles. The Hall–Kier alpha value is -4.28. The van der Waals surface area contributed by atoms with Crippen LogP contribution >= 0.6 is 11.8 Å². The summed E-state index contributed by atoms with van der Waals surface area (Å²) >= 11 is 1.24. The van der Waals surface area contributed by atoms with E-state index in [-0.39, 0.29) is 11.7 Å². The fraction of sp³-hybridized carbons (Fsp3) is 0.138. The molecule has 0 atom stereocenters. The van der Waals surface area contributed by atoms with E-state index >= 15 is 0 Å². The third-order valence-corrected chi connectivity index (χ3v) is 6.31. The second-order valence-electron chi connectivity index (χ2n) is 7.71. The summed E-state index contributed by atoms with van der Waals surface area (Å²) in [7, 11) is 1.58. The molecule has 1 amide bonds. The first kappa shape index (κ1) is 24.8. The van der Waals surface area contributed by atoms with Crippen molar-refractivity contribution in [2.75, 3.05) is 24.8 Å². The minimum Gasteiger partial charge on any atom is -0.493 e. The van der Waals surface area contributed by atoms with Gasteiger partial charge in [0, 0.05) is 16.8 Å². The monoisotopic (exact) mass is 495 g/mol. The predicted octanol–water partition coefficient (Wildman–Crippen LogP) is 6.43. The van der Waals surface area contributed by atoms with Crippen LogP contribution in [-0.4, -0.2) is 30.4 Å². The number of methoxy groups -OCH3 is 1. The van der Waals surface area contributed by atoms with Crippen molar-refractivity contribution in [1.82, 2.24) is 4.98 Å². The van der Waals surface area contributed by atoms with Gasteiger partial charge in [0.15, 0.2) is 11.5 Å². The van der Waals surface area contributed by atoms with Gasteiger partial charge in [-0.1, -0.05) is 66.4 Å². The van der Waals surface area contributed by atoms with Crippen LogP contribution in [0.25, 0.3) is 22.4 Å². The van der Waals surface area contributed by atoms with Crippen molar-refractivity contribution in [3.8, 4) is 40.0 Å². The van der Waals surface area contributed by atoms with Crippen LogP contribution in [0.3, 0.4) is 0 Å². The summed E-state index contributed by atoms with van der Waals surface area (Å²) in [6.07, 6.45) is 0. The number of nitrogens with zero attached hydrogens (tertiary/aromatic N) is 2. The molecule has 0 bridgehead atoms. The van der Waals surface area contributed by atoms with E-state index in [4.69, 9.17) is 14.5 Å². The van der Waals surface area contributed by atoms with E-state index in [9.17, 15) is 10.1 Å². The number of anilines is 1. The Bertz CT molecular complexity index is 1390. The van der Waals surface area contributed by atoms with Crippen molar-refractivity contribution in [1.29, 1.82) is 5.26 Å². The lowest BCUT2D eigenvalue weighted by atomic mass is 9.99. The van der Waals surface area contributed by atoms with E-state index in [0.29, 0.717) is 40.0 Å². The Kier molecular flexibility index (Phi) is 8.22. The molecule has 0 radical (unpaired) electrons. The molecule has 1 N–H and O–H groups in total. The summed E-state index contributed by atoms with van der Waals surface area (Å²) in [6, 6.07) is 28.8. The highest BCUT2D eigenvalue weighted by Crippen LogP contribution is 2.38. The molecule has 1 heterocycles. The largest absolute Gasteiger partial charge is 0.493 e. The van der Waals surface area contributed by atoms with Gasteiger partial charge in [0.1, 0.15) is 11.1 Å². The lowest BCUT2D eigenvalue weighted by molar-refractivity contribution is -0.113. The molecule has 0 aliphatic heterocycles. The normalized spacial score (nSPS) is 10.4. The van der Waals surface area contributed by atoms with Crippen molar-refractivity contribution in [2.24, 2.45) is 0 Å². The molecule has 7 heteroatoms. The van der Waals surface area contributed by atoms with Crippen LogP contribution in [0, 0.1) is 11.3 Å². The average molecular weight is 496 g/mol. The van der Waals surface area contributed by atoms with E-state index in [1.54, 1.807) is 7.11 Å². The number of thioether (sulfide) groups is 1. The zero-order valence-corrected chi connectivity index (χ0v) is 20.8. The molecular formula is C29H25N3O3S. The van der Waals surface area contributed by atoms with Crippen LogP contribution in [-0.2, 0) is 4.79 Å². The summed E-state index contributed by atoms with van der Waals surface area (Å²) in [6.45, 7) is 2.42. The van der Waals surface area contributed by atoms with Crippen molar-refractivity contribution in [2.45, 2.75) is 11.9 Å². The third-order valence-electron chi connectivity index (χ3n) is 5.34. The van der Waals surface area contributed by atoms with Gasteiger partial charge in [-0.15, -0.1) is 0 Å². The van der Waals surface area contributed by atoms with Gasteiger partial charge in [0.2, 0.25) is 5.91 Å². The number of pyridine rings is 1. The molecule has 0 unspecified atom stereocenters. The number of aromatic nitrogens is 1. The number of para-hydroxylation sites is 1. The highest BCUT2D eigenvalue weighted by molar-refractivity contribution is 8.00. The van der Waals surface area contributed by atoms with Crippen LogP contribution in [0.2, 0.25) is 0 Å². The Morgan fingerprint density at radius 3 is 2.36 bits per heavy atom. The molecule has 36 heavy (non-hydrogen) atoms. The van der Waals surface area contributed by atoms with E-state index in [0.717, 1.165) is 16.8 Å². The van der Waals surface area contributed by atoms with Crippen molar-refractivity contribution < 1.29 is 14.3 Å². The summed E-state index contributed by atoms with van der Waals surface area (Å²) in [5, 5.41) is 13.5. The Morgan fingerprint density at radius 1 is 0.972 bits per heavy atom. The molecular weight excluding hydrogens is 470 g/mol. The van der Waals surface area contributed by atoms with E-state index in [1.807, 2.05) is 91.9 Å². The Labute approximate surface area is 214 Å². The molecule has 0 saturated heterocycles. The lowest BCUT2D eigenvalue weighted by Crippen LogP contribution is -2.14. The number of amides is 1. The van der Waals surface area contributed by atoms with Crippen LogP contribution in [0.4, 0.5) is 5.69 Å². The molecule has 0 aliphatic rings. The van der Waals surface area contributed by atoms with Crippen LogP contribution < -0.4 is 14.8 Å². The molecule has 0 spiro atoms. The number of carbonyl (C=O) groups is 1. The number of rotatable bonds is 9. The summed E-state index contributed by atoms with van der Waals surface area (Å²) in [4.78, 5) is 17.4. The Balaban J connectivity index is 1.74. The first-order chi connectivity index (χ1) is 17.6. The molecule has 0 fully saturated rings. The van der Waals surface area contributed by atoms with Gasteiger partial charge in [0.25, 0.3) is 0 Å². The number of nitriles is 1. The van der Waals surface area contributed by atoms with Crippen LogP contribution in [0.5, 0.6) is 11.5 Å². The quantitative estimate of drug-likeness (QED) is 0.270. The third kappa shape index (κ3) is 5.85. The molecule has 180 valence electrons. The highest BCUT2D eigenvalue weighted by Gasteiger charge is 2.18. The SMILES string of the molecule is CCOc1ccc(-c2cc(-c3ccccc3)nc(SCC(=O)Nc3ccccc3)c2C#N)cc1OC. The summed E-state index contributed by atoms with van der Waals surface area (Å²) in [5.74, 6) is 1.15. The summed E-state index contributed by atoms with van der Waals surface area (Å²) in [5.41, 5.74) is 4.25. The van der Waals surface area contributed by atoms with Gasteiger partial charge in [-0.05, 0) is 42.8 Å². The van der Waals surface area contributed by atoms with Crippen LogP contribution in [0.15, 0.2) is 90.0 Å². The number of ether oxygens (including phenoxy) is 2. The molecule has 0 aliphatic carbocycles. The molecule has 4 rings (SSSR count). The zero-order valence-electron chi connectivity index (χ0n) is 20.0. The van der Waals surface area contributed by atoms with Gasteiger partial charge < -0.3 is 14.8 Å². The lowest BCUT2D eigenvalue weighted by Gasteiger charge is -2.15. The van der Waals surface area contributed by atoms with Crippen molar-refractivity contribution >= 4 is 23.4 Å².